The van der Waals surface area contributed by atoms with E-state index in [0.29, 0.717) is 12.1 Å². The monoisotopic (exact) mass is 347 g/mol. The Morgan fingerprint density at radius 2 is 2.19 bits per heavy atom. The summed E-state index contributed by atoms with van der Waals surface area (Å²) in [4.78, 5) is 0. The second-order valence-corrected chi connectivity index (χ2v) is 5.94. The molecule has 1 N–H and O–H groups in total. The molecule has 1 aromatic rings. The highest BCUT2D eigenvalue weighted by atomic mass is 79.9. The summed E-state index contributed by atoms with van der Waals surface area (Å²) in [7, 11) is 0. The quantitative estimate of drug-likeness (QED) is 0.865. The molecular weight excluding hydrogens is 334 g/mol. The van der Waals surface area contributed by atoms with Gasteiger partial charge in [-0.15, -0.1) is 0 Å². The highest BCUT2D eigenvalue weighted by molar-refractivity contribution is 9.11. The number of rotatable bonds is 2. The van der Waals surface area contributed by atoms with E-state index in [1.807, 2.05) is 0 Å². The minimum absolute atomic E-state index is 0.362. The van der Waals surface area contributed by atoms with Crippen LogP contribution in [0.1, 0.15) is 19.8 Å². The van der Waals surface area contributed by atoms with Gasteiger partial charge >= 0.3 is 0 Å². The van der Waals surface area contributed by atoms with Gasteiger partial charge in [-0.05, 0) is 53.9 Å². The Bertz CT molecular complexity index is 370. The zero-order chi connectivity index (χ0) is 11.5. The maximum atomic E-state index is 5.54. The fourth-order valence-corrected chi connectivity index (χ4v) is 3.12. The number of hydrogen-bond donors (Lipinski definition) is 1. The number of benzene rings is 1. The Hall–Kier alpha value is -0.0600. The molecule has 2 rings (SSSR count). The maximum Gasteiger partial charge on any atom is 0.0566 e. The summed E-state index contributed by atoms with van der Waals surface area (Å²) in [6.45, 7) is 2.98. The minimum Gasteiger partial charge on any atom is -0.381 e. The molecule has 1 aliphatic rings. The van der Waals surface area contributed by atoms with Crippen molar-refractivity contribution in [3.63, 3.8) is 0 Å². The van der Waals surface area contributed by atoms with Crippen LogP contribution in [0, 0.1) is 0 Å². The van der Waals surface area contributed by atoms with Crippen molar-refractivity contribution in [1.82, 2.24) is 0 Å². The zero-order valence-electron chi connectivity index (χ0n) is 9.17. The second kappa shape index (κ2) is 5.52. The second-order valence-electron chi connectivity index (χ2n) is 4.17. The summed E-state index contributed by atoms with van der Waals surface area (Å²) in [5.74, 6) is 0. The van der Waals surface area contributed by atoms with Crippen molar-refractivity contribution in [2.75, 3.05) is 11.9 Å². The van der Waals surface area contributed by atoms with Gasteiger partial charge in [-0.3, -0.25) is 0 Å². The van der Waals surface area contributed by atoms with Crippen molar-refractivity contribution < 1.29 is 4.74 Å². The Morgan fingerprint density at radius 3 is 2.88 bits per heavy atom. The SMILES string of the molecule is CC1CC(Nc2ccc(Br)cc2Br)CCO1. The van der Waals surface area contributed by atoms with Crippen LogP contribution in [0.4, 0.5) is 5.69 Å². The predicted octanol–water partition coefficient (Wildman–Crippen LogP) is 4.19. The van der Waals surface area contributed by atoms with Crippen LogP contribution in [0.3, 0.4) is 0 Å². The zero-order valence-corrected chi connectivity index (χ0v) is 12.3. The number of halogens is 2. The van der Waals surface area contributed by atoms with Gasteiger partial charge in [0.25, 0.3) is 0 Å². The first kappa shape index (κ1) is 12.4. The average molecular weight is 349 g/mol. The normalized spacial score (nSPS) is 25.4. The van der Waals surface area contributed by atoms with Gasteiger partial charge in [0.05, 0.1) is 6.10 Å². The van der Waals surface area contributed by atoms with Crippen LogP contribution in [-0.4, -0.2) is 18.8 Å². The van der Waals surface area contributed by atoms with E-state index in [0.717, 1.165) is 34.1 Å². The van der Waals surface area contributed by atoms with Gasteiger partial charge < -0.3 is 10.1 Å². The van der Waals surface area contributed by atoms with Crippen LogP contribution in [0.15, 0.2) is 27.1 Å². The summed E-state index contributed by atoms with van der Waals surface area (Å²) >= 11 is 7.02. The Morgan fingerprint density at radius 1 is 1.38 bits per heavy atom. The lowest BCUT2D eigenvalue weighted by Crippen LogP contribution is -2.32. The Balaban J connectivity index is 2.02. The van der Waals surface area contributed by atoms with Gasteiger partial charge in [-0.2, -0.15) is 0 Å². The lowest BCUT2D eigenvalue weighted by Gasteiger charge is -2.29. The number of anilines is 1. The van der Waals surface area contributed by atoms with E-state index in [1.54, 1.807) is 0 Å². The lowest BCUT2D eigenvalue weighted by atomic mass is 10.0. The largest absolute Gasteiger partial charge is 0.381 e. The van der Waals surface area contributed by atoms with E-state index in [1.165, 1.54) is 0 Å². The van der Waals surface area contributed by atoms with Crippen molar-refractivity contribution in [2.45, 2.75) is 31.9 Å². The van der Waals surface area contributed by atoms with Crippen LogP contribution < -0.4 is 5.32 Å². The molecule has 0 aliphatic carbocycles. The fourth-order valence-electron chi connectivity index (χ4n) is 1.96. The third-order valence-corrected chi connectivity index (χ3v) is 3.93. The molecule has 0 aromatic heterocycles. The van der Waals surface area contributed by atoms with Gasteiger partial charge in [-0.1, -0.05) is 15.9 Å². The summed E-state index contributed by atoms with van der Waals surface area (Å²) in [6, 6.07) is 6.72. The molecule has 2 unspecified atom stereocenters. The Kier molecular flexibility index (Phi) is 4.27. The highest BCUT2D eigenvalue weighted by Crippen LogP contribution is 2.28. The molecule has 0 radical (unpaired) electrons. The molecule has 0 amide bonds. The molecule has 0 saturated carbocycles. The van der Waals surface area contributed by atoms with E-state index in [9.17, 15) is 0 Å². The predicted molar refractivity (Wildman–Crippen MR) is 73.9 cm³/mol. The first-order chi connectivity index (χ1) is 7.65. The number of nitrogens with one attached hydrogen (secondary N) is 1. The van der Waals surface area contributed by atoms with E-state index in [4.69, 9.17) is 4.74 Å². The minimum atomic E-state index is 0.362. The molecule has 1 fully saturated rings. The summed E-state index contributed by atoms with van der Waals surface area (Å²) < 4.78 is 7.72. The molecule has 1 saturated heterocycles. The summed E-state index contributed by atoms with van der Waals surface area (Å²) in [5.41, 5.74) is 1.15. The van der Waals surface area contributed by atoms with Crippen molar-refractivity contribution in [2.24, 2.45) is 0 Å². The molecule has 1 aromatic carbocycles. The van der Waals surface area contributed by atoms with Gasteiger partial charge in [0.1, 0.15) is 0 Å². The van der Waals surface area contributed by atoms with Crippen LogP contribution in [-0.2, 0) is 4.74 Å². The van der Waals surface area contributed by atoms with Crippen molar-refractivity contribution in [3.05, 3.63) is 27.1 Å². The molecular formula is C12H15Br2NO. The molecule has 88 valence electrons. The lowest BCUT2D eigenvalue weighted by molar-refractivity contribution is 0.0232. The summed E-state index contributed by atoms with van der Waals surface area (Å²) in [6.07, 6.45) is 2.51. The highest BCUT2D eigenvalue weighted by Gasteiger charge is 2.19. The van der Waals surface area contributed by atoms with Gasteiger partial charge in [-0.25, -0.2) is 0 Å². The van der Waals surface area contributed by atoms with Crippen molar-refractivity contribution in [1.29, 1.82) is 0 Å². The first-order valence-corrected chi connectivity index (χ1v) is 7.07. The first-order valence-electron chi connectivity index (χ1n) is 5.48. The van der Waals surface area contributed by atoms with Crippen LogP contribution in [0.25, 0.3) is 0 Å². The fraction of sp³-hybridized carbons (Fsp3) is 0.500. The van der Waals surface area contributed by atoms with Gasteiger partial charge in [0.15, 0.2) is 0 Å². The average Bonchev–Trinajstić information content (AvgIpc) is 2.22. The van der Waals surface area contributed by atoms with Crippen molar-refractivity contribution in [3.8, 4) is 0 Å². The van der Waals surface area contributed by atoms with Gasteiger partial charge in [0.2, 0.25) is 0 Å². The molecule has 0 bridgehead atoms. The topological polar surface area (TPSA) is 21.3 Å². The van der Waals surface area contributed by atoms with Gasteiger partial charge in [0, 0.05) is 27.3 Å². The molecule has 0 spiro atoms. The van der Waals surface area contributed by atoms with Crippen molar-refractivity contribution >= 4 is 37.5 Å². The third-order valence-electron chi connectivity index (χ3n) is 2.78. The van der Waals surface area contributed by atoms with Crippen LogP contribution >= 0.6 is 31.9 Å². The molecule has 16 heavy (non-hydrogen) atoms. The number of ether oxygens (including phenoxy) is 1. The molecule has 2 nitrogen and oxygen atoms in total. The smallest absolute Gasteiger partial charge is 0.0566 e. The molecule has 2 atom stereocenters. The standard InChI is InChI=1S/C12H15Br2NO/c1-8-6-10(4-5-16-8)15-12-3-2-9(13)7-11(12)14/h2-3,7-8,10,15H,4-6H2,1H3. The maximum absolute atomic E-state index is 5.54. The van der Waals surface area contributed by atoms with Crippen LogP contribution in [0.5, 0.6) is 0 Å². The molecule has 1 aliphatic heterocycles. The van der Waals surface area contributed by atoms with E-state index < -0.39 is 0 Å². The number of hydrogen-bond acceptors (Lipinski definition) is 2. The third kappa shape index (κ3) is 3.22. The molecule has 1 heterocycles. The van der Waals surface area contributed by atoms with Crippen LogP contribution in [0.2, 0.25) is 0 Å². The summed E-state index contributed by atoms with van der Waals surface area (Å²) in [5, 5.41) is 3.56. The van der Waals surface area contributed by atoms with E-state index in [2.05, 4.69) is 62.3 Å². The van der Waals surface area contributed by atoms with E-state index in [-0.39, 0.29) is 0 Å². The Labute approximate surface area is 113 Å². The molecule has 4 heteroatoms. The van der Waals surface area contributed by atoms with E-state index >= 15 is 0 Å².